The predicted molar refractivity (Wildman–Crippen MR) is 113 cm³/mol. The molecule has 0 bridgehead atoms. The van der Waals surface area contributed by atoms with E-state index in [0.29, 0.717) is 17.9 Å². The SMILES string of the molecule is O=C(COc1ccccc1C(=O)N1CCCc2ccccc21)N1CCCCCC1. The van der Waals surface area contributed by atoms with E-state index < -0.39 is 0 Å². The zero-order chi connectivity index (χ0) is 20.1. The Morgan fingerprint density at radius 2 is 1.55 bits per heavy atom. The van der Waals surface area contributed by atoms with Gasteiger partial charge in [-0.2, -0.15) is 0 Å². The fourth-order valence-electron chi connectivity index (χ4n) is 4.21. The molecule has 2 aromatic rings. The molecule has 29 heavy (non-hydrogen) atoms. The molecule has 0 spiro atoms. The summed E-state index contributed by atoms with van der Waals surface area (Å²) in [5, 5.41) is 0. The van der Waals surface area contributed by atoms with Crippen LogP contribution >= 0.6 is 0 Å². The molecule has 2 amide bonds. The van der Waals surface area contributed by atoms with E-state index in [1.165, 1.54) is 18.4 Å². The summed E-state index contributed by atoms with van der Waals surface area (Å²) in [6.45, 7) is 2.26. The molecule has 4 rings (SSSR count). The number of amides is 2. The second-order valence-electron chi connectivity index (χ2n) is 7.77. The van der Waals surface area contributed by atoms with Crippen LogP contribution in [0.1, 0.15) is 48.0 Å². The largest absolute Gasteiger partial charge is 0.483 e. The van der Waals surface area contributed by atoms with Gasteiger partial charge in [-0.25, -0.2) is 0 Å². The van der Waals surface area contributed by atoms with Crippen molar-refractivity contribution in [3.05, 3.63) is 59.7 Å². The number of benzene rings is 2. The molecule has 5 heteroatoms. The van der Waals surface area contributed by atoms with E-state index in [4.69, 9.17) is 4.74 Å². The highest BCUT2D eigenvalue weighted by atomic mass is 16.5. The third-order valence-electron chi connectivity index (χ3n) is 5.78. The highest BCUT2D eigenvalue weighted by Crippen LogP contribution is 2.30. The van der Waals surface area contributed by atoms with E-state index in [1.807, 2.05) is 40.1 Å². The van der Waals surface area contributed by atoms with E-state index in [1.54, 1.807) is 12.1 Å². The van der Waals surface area contributed by atoms with Crippen LogP contribution in [0.25, 0.3) is 0 Å². The van der Waals surface area contributed by atoms with Crippen molar-refractivity contribution in [2.75, 3.05) is 31.1 Å². The zero-order valence-electron chi connectivity index (χ0n) is 16.8. The van der Waals surface area contributed by atoms with Gasteiger partial charge < -0.3 is 14.5 Å². The molecular weight excluding hydrogens is 364 g/mol. The van der Waals surface area contributed by atoms with E-state index >= 15 is 0 Å². The van der Waals surface area contributed by atoms with Crippen molar-refractivity contribution < 1.29 is 14.3 Å². The minimum Gasteiger partial charge on any atom is -0.483 e. The van der Waals surface area contributed by atoms with Gasteiger partial charge in [0.2, 0.25) is 0 Å². The number of likely N-dealkylation sites (tertiary alicyclic amines) is 1. The van der Waals surface area contributed by atoms with E-state index in [2.05, 4.69) is 6.07 Å². The summed E-state index contributed by atoms with van der Waals surface area (Å²) >= 11 is 0. The Bertz CT molecular complexity index is 872. The van der Waals surface area contributed by atoms with Gasteiger partial charge in [-0.15, -0.1) is 0 Å². The smallest absolute Gasteiger partial charge is 0.262 e. The third-order valence-corrected chi connectivity index (χ3v) is 5.78. The Morgan fingerprint density at radius 1 is 0.828 bits per heavy atom. The lowest BCUT2D eigenvalue weighted by molar-refractivity contribution is -0.133. The maximum absolute atomic E-state index is 13.3. The summed E-state index contributed by atoms with van der Waals surface area (Å²) in [6.07, 6.45) is 6.39. The maximum Gasteiger partial charge on any atom is 0.262 e. The van der Waals surface area contributed by atoms with Crippen molar-refractivity contribution in [2.45, 2.75) is 38.5 Å². The van der Waals surface area contributed by atoms with Crippen molar-refractivity contribution >= 4 is 17.5 Å². The molecule has 0 unspecified atom stereocenters. The highest BCUT2D eigenvalue weighted by molar-refractivity contribution is 6.08. The Balaban J connectivity index is 1.48. The Hall–Kier alpha value is -2.82. The molecular formula is C24H28N2O3. The first-order valence-electron chi connectivity index (χ1n) is 10.6. The zero-order valence-corrected chi connectivity index (χ0v) is 16.8. The number of aryl methyl sites for hydroxylation is 1. The molecule has 2 aliphatic heterocycles. The molecule has 0 aliphatic carbocycles. The van der Waals surface area contributed by atoms with Gasteiger partial charge in [0, 0.05) is 25.3 Å². The molecule has 152 valence electrons. The van der Waals surface area contributed by atoms with Crippen LogP contribution in [0.4, 0.5) is 5.69 Å². The summed E-state index contributed by atoms with van der Waals surface area (Å²) in [4.78, 5) is 29.6. The first kappa shape index (κ1) is 19.5. The lowest BCUT2D eigenvalue weighted by atomic mass is 10.0. The number of nitrogens with zero attached hydrogens (tertiary/aromatic N) is 2. The Kier molecular flexibility index (Phi) is 6.13. The third kappa shape index (κ3) is 4.44. The molecule has 1 fully saturated rings. The predicted octanol–water partition coefficient (Wildman–Crippen LogP) is 4.06. The molecule has 2 aromatic carbocycles. The minimum atomic E-state index is -0.0741. The lowest BCUT2D eigenvalue weighted by Crippen LogP contribution is -2.37. The molecule has 0 atom stereocenters. The topological polar surface area (TPSA) is 49.9 Å². The van der Waals surface area contributed by atoms with Gasteiger partial charge in [0.25, 0.3) is 11.8 Å². The molecule has 0 N–H and O–H groups in total. The number of para-hydroxylation sites is 2. The molecule has 0 radical (unpaired) electrons. The van der Waals surface area contributed by atoms with Crippen molar-refractivity contribution in [3.63, 3.8) is 0 Å². The van der Waals surface area contributed by atoms with Crippen LogP contribution in [0.3, 0.4) is 0 Å². The van der Waals surface area contributed by atoms with Crippen molar-refractivity contribution in [3.8, 4) is 5.75 Å². The van der Waals surface area contributed by atoms with Crippen molar-refractivity contribution in [2.24, 2.45) is 0 Å². The summed E-state index contributed by atoms with van der Waals surface area (Å²) in [6, 6.07) is 15.3. The number of fused-ring (bicyclic) bond motifs is 1. The van der Waals surface area contributed by atoms with E-state index in [-0.39, 0.29) is 18.4 Å². The monoisotopic (exact) mass is 392 g/mol. The van der Waals surface area contributed by atoms with E-state index in [0.717, 1.165) is 44.5 Å². The fraction of sp³-hybridized carbons (Fsp3) is 0.417. The van der Waals surface area contributed by atoms with Gasteiger partial charge in [-0.05, 0) is 49.4 Å². The van der Waals surface area contributed by atoms with Gasteiger partial charge in [0.1, 0.15) is 5.75 Å². The number of rotatable bonds is 4. The van der Waals surface area contributed by atoms with Crippen LogP contribution in [0.5, 0.6) is 5.75 Å². The first-order valence-corrected chi connectivity index (χ1v) is 10.6. The molecule has 1 saturated heterocycles. The number of ether oxygens (including phenoxy) is 1. The average molecular weight is 392 g/mol. The second kappa shape index (κ2) is 9.12. The summed E-state index contributed by atoms with van der Waals surface area (Å²) in [5.41, 5.74) is 2.67. The first-order chi connectivity index (χ1) is 14.2. The summed E-state index contributed by atoms with van der Waals surface area (Å²) in [5.74, 6) is 0.399. The van der Waals surface area contributed by atoms with Gasteiger partial charge in [-0.1, -0.05) is 43.2 Å². The van der Waals surface area contributed by atoms with Crippen LogP contribution in [0.15, 0.2) is 48.5 Å². The van der Waals surface area contributed by atoms with Gasteiger partial charge in [0.15, 0.2) is 6.61 Å². The van der Waals surface area contributed by atoms with Gasteiger partial charge >= 0.3 is 0 Å². The summed E-state index contributed by atoms with van der Waals surface area (Å²) < 4.78 is 5.85. The molecule has 0 aromatic heterocycles. The van der Waals surface area contributed by atoms with Crippen LogP contribution < -0.4 is 9.64 Å². The van der Waals surface area contributed by atoms with Crippen molar-refractivity contribution in [1.82, 2.24) is 4.90 Å². The highest BCUT2D eigenvalue weighted by Gasteiger charge is 2.26. The maximum atomic E-state index is 13.3. The lowest BCUT2D eigenvalue weighted by Gasteiger charge is -2.30. The second-order valence-corrected chi connectivity index (χ2v) is 7.77. The van der Waals surface area contributed by atoms with Crippen LogP contribution in [0, 0.1) is 0 Å². The molecule has 5 nitrogen and oxygen atoms in total. The summed E-state index contributed by atoms with van der Waals surface area (Å²) in [7, 11) is 0. The molecule has 0 saturated carbocycles. The van der Waals surface area contributed by atoms with Gasteiger partial charge in [-0.3, -0.25) is 9.59 Å². The van der Waals surface area contributed by atoms with Crippen molar-refractivity contribution in [1.29, 1.82) is 0 Å². The number of hydrogen-bond acceptors (Lipinski definition) is 3. The molecule has 2 heterocycles. The number of hydrogen-bond donors (Lipinski definition) is 0. The fourth-order valence-corrected chi connectivity index (χ4v) is 4.21. The minimum absolute atomic E-state index is 0.00234. The average Bonchev–Trinajstić information content (AvgIpc) is 3.06. The van der Waals surface area contributed by atoms with Crippen LogP contribution in [-0.4, -0.2) is 43.0 Å². The Morgan fingerprint density at radius 3 is 2.38 bits per heavy atom. The van der Waals surface area contributed by atoms with E-state index in [9.17, 15) is 9.59 Å². The quantitative estimate of drug-likeness (QED) is 0.788. The van der Waals surface area contributed by atoms with Gasteiger partial charge in [0.05, 0.1) is 5.56 Å². The number of anilines is 1. The number of carbonyl (C=O) groups excluding carboxylic acids is 2. The van der Waals surface area contributed by atoms with Crippen LogP contribution in [-0.2, 0) is 11.2 Å². The Labute approximate surface area is 172 Å². The normalized spacial score (nSPS) is 16.7. The number of carbonyl (C=O) groups is 2. The standard InChI is InChI=1S/C24H28N2O3/c27-23(25-15-7-1-2-8-16-25)18-29-22-14-6-4-12-20(22)24(28)26-17-9-11-19-10-3-5-13-21(19)26/h3-6,10,12-14H,1-2,7-9,11,15-18H2. The van der Waals surface area contributed by atoms with Crippen LogP contribution in [0.2, 0.25) is 0 Å². The molecule has 2 aliphatic rings.